The molecule has 0 radical (unpaired) electrons. The molecule has 0 atom stereocenters. The zero-order valence-corrected chi connectivity index (χ0v) is 7.00. The van der Waals surface area contributed by atoms with Crippen LogP contribution in [0.1, 0.15) is 5.82 Å². The van der Waals surface area contributed by atoms with Crippen molar-refractivity contribution in [3.8, 4) is 0 Å². The molecule has 0 spiro atoms. The van der Waals surface area contributed by atoms with Crippen LogP contribution < -0.4 is 16.4 Å². The number of carbonyl (C=O) groups is 1. The standard InChI is InChI=1S/C8H11N3O/c1-5-6(2)11(4-8(9)12)7(3)10-5/h1-2,4H2,3H3,(H2,9,12). The summed E-state index contributed by atoms with van der Waals surface area (Å²) in [5.74, 6) is 0.309. The number of amides is 1. The van der Waals surface area contributed by atoms with Crippen molar-refractivity contribution in [3.05, 3.63) is 16.5 Å². The molecule has 0 aliphatic heterocycles. The van der Waals surface area contributed by atoms with E-state index in [0.717, 1.165) is 0 Å². The number of aromatic nitrogens is 2. The van der Waals surface area contributed by atoms with E-state index in [9.17, 15) is 4.79 Å². The van der Waals surface area contributed by atoms with E-state index in [4.69, 9.17) is 5.73 Å². The fraction of sp³-hybridized carbons (Fsp3) is 0.250. The Labute approximate surface area is 70.0 Å². The summed E-state index contributed by atoms with van der Waals surface area (Å²) in [6, 6.07) is 0. The summed E-state index contributed by atoms with van der Waals surface area (Å²) < 4.78 is 1.64. The number of hydrogen-bond acceptors (Lipinski definition) is 2. The zero-order chi connectivity index (χ0) is 9.30. The minimum absolute atomic E-state index is 0.118. The van der Waals surface area contributed by atoms with Crippen molar-refractivity contribution in [2.45, 2.75) is 13.5 Å². The maximum Gasteiger partial charge on any atom is 0.237 e. The van der Waals surface area contributed by atoms with Crippen molar-refractivity contribution in [2.75, 3.05) is 0 Å². The van der Waals surface area contributed by atoms with Gasteiger partial charge in [0.25, 0.3) is 0 Å². The molecule has 4 nitrogen and oxygen atoms in total. The van der Waals surface area contributed by atoms with Crippen molar-refractivity contribution in [3.63, 3.8) is 0 Å². The molecule has 0 fully saturated rings. The van der Waals surface area contributed by atoms with Crippen LogP contribution in [0.2, 0.25) is 0 Å². The first-order chi connectivity index (χ1) is 5.52. The molecule has 0 saturated carbocycles. The normalized spacial score (nSPS) is 10.1. The summed E-state index contributed by atoms with van der Waals surface area (Å²) in [6.07, 6.45) is 0. The third-order valence-electron chi connectivity index (χ3n) is 1.66. The van der Waals surface area contributed by atoms with E-state index < -0.39 is 5.91 Å². The van der Waals surface area contributed by atoms with Gasteiger partial charge in [0, 0.05) is 0 Å². The van der Waals surface area contributed by atoms with Gasteiger partial charge in [0.15, 0.2) is 0 Å². The molecule has 1 aromatic heterocycles. The highest BCUT2D eigenvalue weighted by molar-refractivity contribution is 5.73. The maximum atomic E-state index is 10.6. The largest absolute Gasteiger partial charge is 0.368 e. The highest BCUT2D eigenvalue weighted by atomic mass is 16.1. The Bertz CT molecular complexity index is 405. The number of imidazole rings is 1. The number of nitrogens with two attached hydrogens (primary N) is 1. The fourth-order valence-corrected chi connectivity index (χ4v) is 1.04. The van der Waals surface area contributed by atoms with Crippen LogP contribution in [-0.2, 0) is 11.3 Å². The molecular weight excluding hydrogens is 154 g/mol. The van der Waals surface area contributed by atoms with Crippen LogP contribution in [0.15, 0.2) is 0 Å². The van der Waals surface area contributed by atoms with Gasteiger partial charge in [-0.1, -0.05) is 13.2 Å². The Hall–Kier alpha value is -1.58. The monoisotopic (exact) mass is 165 g/mol. The van der Waals surface area contributed by atoms with Gasteiger partial charge in [-0.15, -0.1) is 0 Å². The molecule has 12 heavy (non-hydrogen) atoms. The maximum absolute atomic E-state index is 10.6. The van der Waals surface area contributed by atoms with Crippen LogP contribution in [0.5, 0.6) is 0 Å². The van der Waals surface area contributed by atoms with Crippen molar-refractivity contribution in [1.82, 2.24) is 9.55 Å². The molecule has 0 bridgehead atoms. The molecule has 0 saturated heterocycles. The topological polar surface area (TPSA) is 60.9 Å². The molecule has 64 valence electrons. The highest BCUT2D eigenvalue weighted by Gasteiger charge is 2.02. The number of primary amides is 1. The van der Waals surface area contributed by atoms with E-state index in [0.29, 0.717) is 16.5 Å². The summed E-state index contributed by atoms with van der Waals surface area (Å²) in [4.78, 5) is 14.7. The van der Waals surface area contributed by atoms with Gasteiger partial charge in [-0.2, -0.15) is 0 Å². The van der Waals surface area contributed by atoms with E-state index in [1.54, 1.807) is 11.5 Å². The van der Waals surface area contributed by atoms with E-state index in [2.05, 4.69) is 18.1 Å². The second kappa shape index (κ2) is 2.81. The van der Waals surface area contributed by atoms with Gasteiger partial charge in [-0.3, -0.25) is 4.79 Å². The Morgan fingerprint density at radius 1 is 1.67 bits per heavy atom. The van der Waals surface area contributed by atoms with Crippen LogP contribution in [0.3, 0.4) is 0 Å². The van der Waals surface area contributed by atoms with E-state index in [1.165, 1.54) is 0 Å². The SMILES string of the molecule is C=c1nc(C)n(CC(N)=O)c1=C. The molecular formula is C8H11N3O. The molecule has 1 aromatic rings. The molecule has 0 aliphatic rings. The molecule has 0 aliphatic carbocycles. The fourth-order valence-electron chi connectivity index (χ4n) is 1.04. The van der Waals surface area contributed by atoms with Crippen molar-refractivity contribution < 1.29 is 4.79 Å². The summed E-state index contributed by atoms with van der Waals surface area (Å²) in [7, 11) is 0. The Kier molecular flexibility index (Phi) is 1.99. The van der Waals surface area contributed by atoms with Crippen LogP contribution in [0, 0.1) is 6.92 Å². The number of hydrogen-bond donors (Lipinski definition) is 1. The summed E-state index contributed by atoms with van der Waals surface area (Å²) in [5.41, 5.74) is 5.04. The van der Waals surface area contributed by atoms with Crippen LogP contribution in [-0.4, -0.2) is 15.5 Å². The van der Waals surface area contributed by atoms with Gasteiger partial charge in [-0.05, 0) is 6.92 Å². The van der Waals surface area contributed by atoms with Crippen molar-refractivity contribution in [1.29, 1.82) is 0 Å². The second-order valence-electron chi connectivity index (χ2n) is 2.60. The molecule has 4 heteroatoms. The van der Waals surface area contributed by atoms with Gasteiger partial charge in [-0.25, -0.2) is 4.98 Å². The van der Waals surface area contributed by atoms with Gasteiger partial charge < -0.3 is 10.3 Å². The quantitative estimate of drug-likeness (QED) is 0.579. The van der Waals surface area contributed by atoms with Crippen LogP contribution in [0.4, 0.5) is 0 Å². The third kappa shape index (κ3) is 1.37. The lowest BCUT2D eigenvalue weighted by Gasteiger charge is -1.99. The first kappa shape index (κ1) is 8.52. The van der Waals surface area contributed by atoms with E-state index in [-0.39, 0.29) is 6.54 Å². The Morgan fingerprint density at radius 3 is 2.58 bits per heavy atom. The van der Waals surface area contributed by atoms with Gasteiger partial charge in [0.2, 0.25) is 5.91 Å². The highest BCUT2D eigenvalue weighted by Crippen LogP contribution is 1.83. The molecule has 0 aromatic carbocycles. The van der Waals surface area contributed by atoms with E-state index >= 15 is 0 Å². The molecule has 1 amide bonds. The summed E-state index contributed by atoms with van der Waals surface area (Å²) in [6.45, 7) is 9.29. The number of rotatable bonds is 2. The van der Waals surface area contributed by atoms with Gasteiger partial charge in [0.1, 0.15) is 12.4 Å². The van der Waals surface area contributed by atoms with Crippen molar-refractivity contribution >= 4 is 19.1 Å². The van der Waals surface area contributed by atoms with Crippen LogP contribution in [0.25, 0.3) is 13.2 Å². The predicted molar refractivity (Wildman–Crippen MR) is 46.5 cm³/mol. The van der Waals surface area contributed by atoms with Crippen LogP contribution >= 0.6 is 0 Å². The van der Waals surface area contributed by atoms with E-state index in [1.807, 2.05) is 0 Å². The second-order valence-corrected chi connectivity index (χ2v) is 2.60. The average Bonchev–Trinajstić information content (AvgIpc) is 2.16. The molecule has 1 heterocycles. The zero-order valence-electron chi connectivity index (χ0n) is 7.00. The third-order valence-corrected chi connectivity index (χ3v) is 1.66. The molecule has 0 unspecified atom stereocenters. The van der Waals surface area contributed by atoms with Gasteiger partial charge >= 0.3 is 0 Å². The van der Waals surface area contributed by atoms with Gasteiger partial charge in [0.05, 0.1) is 10.7 Å². The lowest BCUT2D eigenvalue weighted by atomic mass is 10.5. The smallest absolute Gasteiger partial charge is 0.237 e. The first-order valence-electron chi connectivity index (χ1n) is 3.51. The van der Waals surface area contributed by atoms with Crippen molar-refractivity contribution in [2.24, 2.45) is 5.73 Å². The average molecular weight is 165 g/mol. The predicted octanol–water partition coefficient (Wildman–Crippen LogP) is -1.50. The first-order valence-corrected chi connectivity index (χ1v) is 3.51. The summed E-state index contributed by atoms with van der Waals surface area (Å²) in [5, 5.41) is 1.24. The lowest BCUT2D eigenvalue weighted by molar-refractivity contribution is -0.118. The molecule has 2 N–H and O–H groups in total. The minimum atomic E-state index is -0.402. The number of nitrogens with zero attached hydrogens (tertiary/aromatic N) is 2. The number of aryl methyl sites for hydroxylation is 1. The molecule has 1 rings (SSSR count). The Morgan fingerprint density at radius 2 is 2.25 bits per heavy atom. The summed E-state index contributed by atoms with van der Waals surface area (Å²) >= 11 is 0. The minimum Gasteiger partial charge on any atom is -0.368 e. The number of carbonyl (C=O) groups excluding carboxylic acids is 1. The Balaban J connectivity index is 3.23. The lowest BCUT2D eigenvalue weighted by Crippen LogP contribution is -2.31.